The lowest BCUT2D eigenvalue weighted by molar-refractivity contribution is -0.162. The molecule has 1 N–H and O–H groups in total. The minimum absolute atomic E-state index is 0.0882. The summed E-state index contributed by atoms with van der Waals surface area (Å²) >= 11 is 6.36. The molecule has 4 nitrogen and oxygen atoms in total. The molecule has 0 bridgehead atoms. The lowest BCUT2D eigenvalue weighted by Gasteiger charge is -2.52. The Morgan fingerprint density at radius 1 is 1.39 bits per heavy atom. The number of nitrogens with zero attached hydrogens (tertiary/aromatic N) is 2. The summed E-state index contributed by atoms with van der Waals surface area (Å²) in [7, 11) is 2.06. The van der Waals surface area contributed by atoms with Gasteiger partial charge in [0.15, 0.2) is 0 Å². The van der Waals surface area contributed by atoms with Gasteiger partial charge in [-0.3, -0.25) is 9.69 Å². The molecule has 2 heterocycles. The van der Waals surface area contributed by atoms with Gasteiger partial charge in [0.05, 0.1) is 5.41 Å². The van der Waals surface area contributed by atoms with Crippen LogP contribution in [0.4, 0.5) is 0 Å². The van der Waals surface area contributed by atoms with Crippen LogP contribution < -0.4 is 0 Å². The smallest absolute Gasteiger partial charge is 0.311 e. The van der Waals surface area contributed by atoms with Crippen LogP contribution in [0.3, 0.4) is 0 Å². The maximum atomic E-state index is 12.0. The SMILES string of the molecule is Cc1cccc(Cl)c1CN1CC[C@@]2(C(=O)O)CCCN(C)[C@@H]2C1. The Kier molecular flexibility index (Phi) is 4.68. The van der Waals surface area contributed by atoms with E-state index in [4.69, 9.17) is 11.6 Å². The summed E-state index contributed by atoms with van der Waals surface area (Å²) in [5, 5.41) is 10.6. The van der Waals surface area contributed by atoms with Gasteiger partial charge in [-0.25, -0.2) is 0 Å². The van der Waals surface area contributed by atoms with E-state index in [0.717, 1.165) is 56.0 Å². The molecule has 2 aliphatic rings. The number of fused-ring (bicyclic) bond motifs is 1. The molecule has 1 aromatic rings. The Bertz CT molecular complexity index is 586. The third kappa shape index (κ3) is 3.00. The quantitative estimate of drug-likeness (QED) is 0.921. The van der Waals surface area contributed by atoms with Crippen molar-refractivity contribution in [3.63, 3.8) is 0 Å². The van der Waals surface area contributed by atoms with Gasteiger partial charge in [0.25, 0.3) is 0 Å². The zero-order chi connectivity index (χ0) is 16.6. The van der Waals surface area contributed by atoms with Gasteiger partial charge in [-0.05, 0) is 63.5 Å². The van der Waals surface area contributed by atoms with E-state index in [-0.39, 0.29) is 6.04 Å². The number of carboxylic acid groups (broad SMARTS) is 1. The van der Waals surface area contributed by atoms with E-state index in [2.05, 4.69) is 29.8 Å². The van der Waals surface area contributed by atoms with Crippen molar-refractivity contribution in [2.75, 3.05) is 26.7 Å². The summed E-state index contributed by atoms with van der Waals surface area (Å²) in [6.45, 7) is 5.48. The van der Waals surface area contributed by atoms with E-state index in [9.17, 15) is 9.90 Å². The molecule has 0 amide bonds. The first-order valence-corrected chi connectivity index (χ1v) is 8.72. The first-order chi connectivity index (χ1) is 10.9. The van der Waals surface area contributed by atoms with Gasteiger partial charge >= 0.3 is 5.97 Å². The minimum Gasteiger partial charge on any atom is -0.481 e. The molecular weight excluding hydrogens is 312 g/mol. The molecule has 2 fully saturated rings. The van der Waals surface area contributed by atoms with E-state index in [1.54, 1.807) is 0 Å². The van der Waals surface area contributed by atoms with Gasteiger partial charge < -0.3 is 10.0 Å². The average Bonchev–Trinajstić information content (AvgIpc) is 2.51. The van der Waals surface area contributed by atoms with Gasteiger partial charge in [-0.1, -0.05) is 23.7 Å². The molecule has 0 aromatic heterocycles. The van der Waals surface area contributed by atoms with Crippen molar-refractivity contribution in [3.8, 4) is 0 Å². The maximum Gasteiger partial charge on any atom is 0.311 e. The molecule has 126 valence electrons. The van der Waals surface area contributed by atoms with Gasteiger partial charge in [0.1, 0.15) is 0 Å². The van der Waals surface area contributed by atoms with Crippen LogP contribution in [0.1, 0.15) is 30.4 Å². The predicted molar refractivity (Wildman–Crippen MR) is 91.8 cm³/mol. The van der Waals surface area contributed by atoms with Crippen LogP contribution >= 0.6 is 11.6 Å². The highest BCUT2D eigenvalue weighted by atomic mass is 35.5. The molecule has 0 unspecified atom stereocenters. The minimum atomic E-state index is -0.623. The number of aliphatic carboxylic acids is 1. The number of benzene rings is 1. The molecule has 3 rings (SSSR count). The molecular formula is C18H25ClN2O2. The first kappa shape index (κ1) is 16.7. The summed E-state index contributed by atoms with van der Waals surface area (Å²) in [4.78, 5) is 16.6. The van der Waals surface area contributed by atoms with Gasteiger partial charge in [-0.15, -0.1) is 0 Å². The fraction of sp³-hybridized carbons (Fsp3) is 0.611. The van der Waals surface area contributed by atoms with Crippen molar-refractivity contribution in [1.82, 2.24) is 9.80 Å². The second-order valence-electron chi connectivity index (χ2n) is 7.08. The number of piperidine rings is 2. The normalized spacial score (nSPS) is 29.3. The number of halogens is 1. The Hall–Kier alpha value is -1.10. The Labute approximate surface area is 143 Å². The molecule has 0 spiro atoms. The molecule has 5 heteroatoms. The van der Waals surface area contributed by atoms with E-state index in [0.29, 0.717) is 0 Å². The predicted octanol–water partition coefficient (Wildman–Crippen LogP) is 3.02. The van der Waals surface area contributed by atoms with Crippen molar-refractivity contribution in [1.29, 1.82) is 0 Å². The van der Waals surface area contributed by atoms with Crippen LogP contribution in [0.5, 0.6) is 0 Å². The Morgan fingerprint density at radius 3 is 2.87 bits per heavy atom. The van der Waals surface area contributed by atoms with Crippen LogP contribution in [-0.4, -0.2) is 53.6 Å². The van der Waals surface area contributed by atoms with Crippen molar-refractivity contribution >= 4 is 17.6 Å². The second kappa shape index (κ2) is 6.42. The van der Waals surface area contributed by atoms with Crippen molar-refractivity contribution < 1.29 is 9.90 Å². The van der Waals surface area contributed by atoms with Crippen molar-refractivity contribution in [2.45, 2.75) is 38.8 Å². The summed E-state index contributed by atoms with van der Waals surface area (Å²) < 4.78 is 0. The number of likely N-dealkylation sites (N-methyl/N-ethyl adjacent to an activating group) is 1. The van der Waals surface area contributed by atoms with Gasteiger partial charge in [-0.2, -0.15) is 0 Å². The molecule has 2 aliphatic heterocycles. The average molecular weight is 337 g/mol. The summed E-state index contributed by atoms with van der Waals surface area (Å²) in [6.07, 6.45) is 2.50. The van der Waals surface area contributed by atoms with Gasteiger partial charge in [0.2, 0.25) is 0 Å². The number of rotatable bonds is 3. The van der Waals surface area contributed by atoms with Crippen LogP contribution in [0, 0.1) is 12.3 Å². The molecule has 2 atom stereocenters. The molecule has 23 heavy (non-hydrogen) atoms. The number of hydrogen-bond donors (Lipinski definition) is 1. The summed E-state index contributed by atoms with van der Waals surface area (Å²) in [5.74, 6) is -0.623. The number of aryl methyl sites for hydroxylation is 1. The lowest BCUT2D eigenvalue weighted by Crippen LogP contribution is -2.62. The Morgan fingerprint density at radius 2 is 2.17 bits per heavy atom. The zero-order valence-electron chi connectivity index (χ0n) is 13.9. The van der Waals surface area contributed by atoms with Crippen LogP contribution in [-0.2, 0) is 11.3 Å². The number of carbonyl (C=O) groups is 1. The monoisotopic (exact) mass is 336 g/mol. The van der Waals surface area contributed by atoms with E-state index >= 15 is 0 Å². The molecule has 0 saturated carbocycles. The van der Waals surface area contributed by atoms with E-state index in [1.165, 1.54) is 5.56 Å². The van der Waals surface area contributed by atoms with Crippen LogP contribution in [0.25, 0.3) is 0 Å². The topological polar surface area (TPSA) is 43.8 Å². The highest BCUT2D eigenvalue weighted by molar-refractivity contribution is 6.31. The first-order valence-electron chi connectivity index (χ1n) is 8.34. The Balaban J connectivity index is 1.80. The number of likely N-dealkylation sites (tertiary alicyclic amines) is 2. The standard InChI is InChI=1S/C18H25ClN2O2/c1-13-5-3-6-15(19)14(13)11-21-10-8-18(17(22)23)7-4-9-20(2)16(18)12-21/h3,5-6,16H,4,7-12H2,1-2H3,(H,22,23)/t16-,18+/m1/s1. The molecule has 0 aliphatic carbocycles. The fourth-order valence-corrected chi connectivity index (χ4v) is 4.56. The summed E-state index contributed by atoms with van der Waals surface area (Å²) in [5.41, 5.74) is 1.79. The van der Waals surface area contributed by atoms with Crippen LogP contribution in [0.15, 0.2) is 18.2 Å². The third-order valence-electron chi connectivity index (χ3n) is 5.77. The number of carboxylic acids is 1. The van der Waals surface area contributed by atoms with Crippen molar-refractivity contribution in [3.05, 3.63) is 34.3 Å². The van der Waals surface area contributed by atoms with Gasteiger partial charge in [0, 0.05) is 24.2 Å². The van der Waals surface area contributed by atoms with E-state index in [1.807, 2.05) is 12.1 Å². The van der Waals surface area contributed by atoms with Crippen LogP contribution in [0.2, 0.25) is 5.02 Å². The van der Waals surface area contributed by atoms with E-state index < -0.39 is 11.4 Å². The largest absolute Gasteiger partial charge is 0.481 e. The highest BCUT2D eigenvalue weighted by Gasteiger charge is 2.52. The lowest BCUT2D eigenvalue weighted by atomic mass is 9.68. The highest BCUT2D eigenvalue weighted by Crippen LogP contribution is 2.42. The third-order valence-corrected chi connectivity index (χ3v) is 6.12. The zero-order valence-corrected chi connectivity index (χ0v) is 14.6. The second-order valence-corrected chi connectivity index (χ2v) is 7.49. The molecule has 1 aromatic carbocycles. The molecule has 2 saturated heterocycles. The number of hydrogen-bond acceptors (Lipinski definition) is 3. The summed E-state index contributed by atoms with van der Waals surface area (Å²) in [6, 6.07) is 6.08. The fourth-order valence-electron chi connectivity index (χ4n) is 4.28. The maximum absolute atomic E-state index is 12.0. The molecule has 0 radical (unpaired) electrons. The van der Waals surface area contributed by atoms with Crippen molar-refractivity contribution in [2.24, 2.45) is 5.41 Å².